The SMILES string of the molecule is Cc1ccnc(-c2[c-]cc(F)cc2F)c1.Fc1n[n-]c(-c2ccccn2)c1F.[Ir]. The molecule has 3 aromatic heterocycles. The molecule has 0 saturated carbocycles. The summed E-state index contributed by atoms with van der Waals surface area (Å²) in [4.78, 5) is 7.82. The van der Waals surface area contributed by atoms with Crippen LogP contribution in [0.3, 0.4) is 0 Å². The molecule has 0 bridgehead atoms. The van der Waals surface area contributed by atoms with Gasteiger partial charge in [0.15, 0.2) is 5.82 Å². The molecule has 0 N–H and O–H groups in total. The van der Waals surface area contributed by atoms with Crippen LogP contribution in [0.15, 0.2) is 54.9 Å². The van der Waals surface area contributed by atoms with Gasteiger partial charge in [-0.25, -0.2) is 4.39 Å². The number of halogens is 4. The smallest absolute Gasteiger partial charge is 0.229 e. The molecule has 3 heterocycles. The van der Waals surface area contributed by atoms with Gasteiger partial charge in [0, 0.05) is 44.1 Å². The van der Waals surface area contributed by atoms with Gasteiger partial charge in [0.1, 0.15) is 0 Å². The van der Waals surface area contributed by atoms with E-state index >= 15 is 0 Å². The Bertz CT molecular complexity index is 1090. The Kier molecular flexibility index (Phi) is 7.75. The van der Waals surface area contributed by atoms with Gasteiger partial charge in [0.2, 0.25) is 5.95 Å². The first-order valence-electron chi connectivity index (χ1n) is 8.01. The summed E-state index contributed by atoms with van der Waals surface area (Å²) >= 11 is 0. The van der Waals surface area contributed by atoms with Gasteiger partial charge in [-0.3, -0.25) is 13.8 Å². The van der Waals surface area contributed by atoms with Crippen molar-refractivity contribution in [3.05, 3.63) is 89.9 Å². The van der Waals surface area contributed by atoms with E-state index in [1.807, 2.05) is 13.0 Å². The number of hydrogen-bond donors (Lipinski definition) is 0. The van der Waals surface area contributed by atoms with Crippen LogP contribution in [0, 0.1) is 36.4 Å². The van der Waals surface area contributed by atoms with Crippen LogP contribution in [0.25, 0.3) is 22.6 Å². The van der Waals surface area contributed by atoms with Crippen molar-refractivity contribution in [2.45, 2.75) is 6.92 Å². The molecule has 29 heavy (non-hydrogen) atoms. The van der Waals surface area contributed by atoms with Crippen molar-refractivity contribution in [3.63, 3.8) is 0 Å². The topological polar surface area (TPSA) is 52.8 Å². The second-order valence-electron chi connectivity index (χ2n) is 5.63. The summed E-state index contributed by atoms with van der Waals surface area (Å²) in [6.07, 6.45) is 3.06. The fraction of sp³-hybridized carbons (Fsp3) is 0.0500. The van der Waals surface area contributed by atoms with Gasteiger partial charge in [-0.05, 0) is 30.8 Å². The maximum atomic E-state index is 13.4. The molecule has 0 fully saturated rings. The van der Waals surface area contributed by atoms with Crippen LogP contribution in [0.5, 0.6) is 0 Å². The molecule has 0 amide bonds. The fourth-order valence-electron chi connectivity index (χ4n) is 2.26. The van der Waals surface area contributed by atoms with E-state index in [-0.39, 0.29) is 37.1 Å². The molecule has 0 atom stereocenters. The molecule has 1 radical (unpaired) electrons. The van der Waals surface area contributed by atoms with E-state index in [9.17, 15) is 17.6 Å². The van der Waals surface area contributed by atoms with E-state index in [4.69, 9.17) is 0 Å². The molecule has 151 valence electrons. The quantitative estimate of drug-likeness (QED) is 0.260. The van der Waals surface area contributed by atoms with E-state index < -0.39 is 23.4 Å². The molecule has 0 aliphatic carbocycles. The van der Waals surface area contributed by atoms with Crippen molar-refractivity contribution >= 4 is 0 Å². The Morgan fingerprint density at radius 1 is 0.931 bits per heavy atom. The molecule has 0 saturated heterocycles. The van der Waals surface area contributed by atoms with Crippen molar-refractivity contribution < 1.29 is 37.7 Å². The maximum absolute atomic E-state index is 13.4. The molecule has 1 aromatic carbocycles. The van der Waals surface area contributed by atoms with Gasteiger partial charge >= 0.3 is 0 Å². The van der Waals surface area contributed by atoms with Crippen LogP contribution in [0.1, 0.15) is 5.56 Å². The zero-order valence-electron chi connectivity index (χ0n) is 14.8. The minimum atomic E-state index is -1.19. The van der Waals surface area contributed by atoms with Gasteiger partial charge in [0.25, 0.3) is 0 Å². The monoisotopic (exact) mass is 577 g/mol. The largest absolute Gasteiger partial charge is 0.569 e. The first-order chi connectivity index (χ1) is 13.5. The average Bonchev–Trinajstić information content (AvgIpc) is 3.02. The number of pyridine rings is 2. The summed E-state index contributed by atoms with van der Waals surface area (Å²) in [6.45, 7) is 1.88. The van der Waals surface area contributed by atoms with Gasteiger partial charge < -0.3 is 15.2 Å². The molecule has 4 aromatic rings. The predicted molar refractivity (Wildman–Crippen MR) is 93.9 cm³/mol. The van der Waals surface area contributed by atoms with Gasteiger partial charge in [-0.1, -0.05) is 35.0 Å². The zero-order chi connectivity index (χ0) is 20.1. The summed E-state index contributed by atoms with van der Waals surface area (Å²) in [6, 6.07) is 12.9. The van der Waals surface area contributed by atoms with Crippen LogP contribution < -0.4 is 5.10 Å². The van der Waals surface area contributed by atoms with Crippen molar-refractivity contribution in [1.29, 1.82) is 0 Å². The predicted octanol–water partition coefficient (Wildman–Crippen LogP) is 4.51. The minimum Gasteiger partial charge on any atom is -0.569 e. The van der Waals surface area contributed by atoms with Crippen molar-refractivity contribution in [2.75, 3.05) is 0 Å². The minimum absolute atomic E-state index is 0. The standard InChI is InChI=1S/C12H8F2N.C8H4F2N3.Ir/c1-8-4-5-15-12(6-8)10-3-2-9(13)7-11(10)14;9-6-7(12-13-8(6)10)5-3-1-2-4-11-5;/h2,4-7H,1H3;1-4H;/q2*-1;. The van der Waals surface area contributed by atoms with Crippen LogP contribution in [0.4, 0.5) is 17.6 Å². The number of rotatable bonds is 2. The van der Waals surface area contributed by atoms with E-state index in [0.717, 1.165) is 17.7 Å². The Hall–Kier alpha value is -2.90. The number of aryl methyl sites for hydroxylation is 1. The molecule has 0 aliphatic rings. The summed E-state index contributed by atoms with van der Waals surface area (Å²) in [7, 11) is 0. The summed E-state index contributed by atoms with van der Waals surface area (Å²) < 4.78 is 51.4. The maximum Gasteiger partial charge on any atom is 0.229 e. The van der Waals surface area contributed by atoms with Crippen LogP contribution in [0.2, 0.25) is 0 Å². The Morgan fingerprint density at radius 3 is 2.28 bits per heavy atom. The Labute approximate surface area is 177 Å². The Morgan fingerprint density at radius 2 is 1.69 bits per heavy atom. The van der Waals surface area contributed by atoms with E-state index in [0.29, 0.717) is 5.69 Å². The molecule has 0 aliphatic heterocycles. The van der Waals surface area contributed by atoms with Crippen LogP contribution >= 0.6 is 0 Å². The van der Waals surface area contributed by atoms with Gasteiger partial charge in [-0.15, -0.1) is 12.1 Å². The molecular weight excluding hydrogens is 564 g/mol. The van der Waals surface area contributed by atoms with Crippen LogP contribution in [-0.4, -0.2) is 15.1 Å². The van der Waals surface area contributed by atoms with E-state index in [2.05, 4.69) is 26.2 Å². The number of nitrogens with zero attached hydrogens (tertiary/aromatic N) is 4. The summed E-state index contributed by atoms with van der Waals surface area (Å²) in [5.74, 6) is -3.53. The zero-order valence-corrected chi connectivity index (χ0v) is 17.2. The second-order valence-corrected chi connectivity index (χ2v) is 5.63. The van der Waals surface area contributed by atoms with Crippen molar-refractivity contribution in [2.24, 2.45) is 0 Å². The molecular formula is C20H12F4IrN4-2. The first kappa shape index (κ1) is 22.4. The van der Waals surface area contributed by atoms with Gasteiger partial charge in [-0.2, -0.15) is 4.39 Å². The second kappa shape index (κ2) is 10.0. The van der Waals surface area contributed by atoms with Gasteiger partial charge in [0.05, 0.1) is 5.69 Å². The number of benzene rings is 1. The molecule has 0 spiro atoms. The third-order valence-corrected chi connectivity index (χ3v) is 3.56. The third kappa shape index (κ3) is 5.56. The Balaban J connectivity index is 0.000000202. The third-order valence-electron chi connectivity index (χ3n) is 3.56. The average molecular weight is 577 g/mol. The fourth-order valence-corrected chi connectivity index (χ4v) is 2.26. The summed E-state index contributed by atoms with van der Waals surface area (Å²) in [5.41, 5.74) is 1.75. The first-order valence-corrected chi connectivity index (χ1v) is 8.01. The normalized spacial score (nSPS) is 9.97. The van der Waals surface area contributed by atoms with E-state index in [1.165, 1.54) is 12.3 Å². The number of aromatic nitrogens is 4. The van der Waals surface area contributed by atoms with Crippen LogP contribution in [-0.2, 0) is 20.1 Å². The number of hydrogen-bond acceptors (Lipinski definition) is 3. The molecule has 9 heteroatoms. The van der Waals surface area contributed by atoms with Crippen molar-refractivity contribution in [1.82, 2.24) is 20.2 Å². The molecule has 0 unspecified atom stereocenters. The molecule has 4 nitrogen and oxygen atoms in total. The molecule has 4 rings (SSSR count). The van der Waals surface area contributed by atoms with Crippen molar-refractivity contribution in [3.8, 4) is 22.6 Å². The summed E-state index contributed by atoms with van der Waals surface area (Å²) in [5, 5.41) is 6.28. The van der Waals surface area contributed by atoms with E-state index in [1.54, 1.807) is 24.4 Å².